The molecule has 2 amide bonds. The Morgan fingerprint density at radius 2 is 1.92 bits per heavy atom. The minimum absolute atomic E-state index is 0.0147. The maximum atomic E-state index is 12.8. The molecule has 11 nitrogen and oxygen atoms in total. The zero-order valence-corrected chi connectivity index (χ0v) is 23.8. The van der Waals surface area contributed by atoms with Crippen LogP contribution in [0.1, 0.15) is 0 Å². The first-order valence-corrected chi connectivity index (χ1v) is 15.1. The summed E-state index contributed by atoms with van der Waals surface area (Å²) in [6.07, 6.45) is 0. The smallest absolute Gasteiger partial charge is 0.392 e. The molecule has 2 atom stereocenters. The average molecular weight is 621 g/mol. The van der Waals surface area contributed by atoms with E-state index in [0.717, 1.165) is 5.03 Å². The minimum atomic E-state index is -1.44. The Morgan fingerprint density at radius 1 is 1.22 bits per heavy atom. The van der Waals surface area contributed by atoms with Crippen LogP contribution in [0.4, 0.5) is 11.8 Å². The van der Waals surface area contributed by atoms with E-state index in [2.05, 4.69) is 15.3 Å². The van der Waals surface area contributed by atoms with Crippen LogP contribution in [-0.2, 0) is 21.4 Å². The molecule has 0 spiro atoms. The second kappa shape index (κ2) is 11.8. The van der Waals surface area contributed by atoms with E-state index < -0.39 is 23.3 Å². The van der Waals surface area contributed by atoms with Gasteiger partial charge in [0.15, 0.2) is 0 Å². The van der Waals surface area contributed by atoms with Gasteiger partial charge < -0.3 is 21.0 Å². The van der Waals surface area contributed by atoms with Crippen molar-refractivity contribution in [1.82, 2.24) is 20.2 Å². The van der Waals surface area contributed by atoms with Gasteiger partial charge in [0, 0.05) is 21.6 Å². The summed E-state index contributed by atoms with van der Waals surface area (Å²) in [5.41, 5.74) is 11.4. The molecule has 0 aliphatic carbocycles. The third kappa shape index (κ3) is 6.34. The standard InChI is InChI=1S/C20H19Cl2N7O4S4/c1-28-14(4-12(23)26-20(28)24)37-7-36-9-5-35-18-15(17(31)29(18)16(9)19(32)33)27-13(30)6-34-8-2-10(21)25-11(22)3-8/h2-4,15,18H,5-7H2,1H3,(H5,23,24,26,27,30,32,33)/t15-,18-/m1/s1. The molecule has 2 aromatic rings. The Morgan fingerprint density at radius 3 is 2.59 bits per heavy atom. The second-order valence-corrected chi connectivity index (χ2v) is 13.0. The van der Waals surface area contributed by atoms with E-state index in [1.54, 1.807) is 29.8 Å². The lowest BCUT2D eigenvalue weighted by atomic mass is 10.1. The number of amides is 2. The van der Waals surface area contributed by atoms with E-state index in [-0.39, 0.29) is 39.4 Å². The molecule has 5 N–H and O–H groups in total. The fourth-order valence-electron chi connectivity index (χ4n) is 3.46. The number of rotatable bonds is 9. The molecule has 4 rings (SSSR count). The number of nitrogen functional groups attached to an aromatic ring is 2. The first-order chi connectivity index (χ1) is 17.5. The number of carboxylic acid groups (broad SMARTS) is 1. The van der Waals surface area contributed by atoms with Crippen molar-refractivity contribution in [3.05, 3.63) is 39.1 Å². The van der Waals surface area contributed by atoms with Gasteiger partial charge in [-0.15, -0.1) is 35.3 Å². The van der Waals surface area contributed by atoms with Gasteiger partial charge in [0.2, 0.25) is 11.7 Å². The predicted octanol–water partition coefficient (Wildman–Crippen LogP) is 0.709. The Hall–Kier alpha value is -2.04. The first-order valence-electron chi connectivity index (χ1n) is 10.4. The van der Waals surface area contributed by atoms with Gasteiger partial charge in [0.05, 0.1) is 29.6 Å². The van der Waals surface area contributed by atoms with Crippen LogP contribution in [0.3, 0.4) is 0 Å². The second-order valence-electron chi connectivity index (χ2n) is 7.59. The number of aliphatic carboxylic acids is 1. The highest BCUT2D eigenvalue weighted by Gasteiger charge is 2.52. The van der Waals surface area contributed by atoms with Gasteiger partial charge >= 0.3 is 5.95 Å². The monoisotopic (exact) mass is 619 g/mol. The number of halogens is 2. The van der Waals surface area contributed by atoms with Crippen LogP contribution >= 0.6 is 70.2 Å². The zero-order chi connectivity index (χ0) is 26.9. The summed E-state index contributed by atoms with van der Waals surface area (Å²) in [6.45, 7) is 0. The van der Waals surface area contributed by atoms with Crippen molar-refractivity contribution in [3.63, 3.8) is 0 Å². The number of nitrogens with two attached hydrogens (primary N) is 2. The lowest BCUT2D eigenvalue weighted by Gasteiger charge is -2.50. The lowest BCUT2D eigenvalue weighted by molar-refractivity contribution is -0.696. The third-order valence-electron chi connectivity index (χ3n) is 5.18. The number of hydrogen-bond donors (Lipinski definition) is 3. The topological polar surface area (TPSA) is 171 Å². The van der Waals surface area contributed by atoms with Gasteiger partial charge in [0.25, 0.3) is 5.91 Å². The highest BCUT2D eigenvalue weighted by atomic mass is 35.5. The summed E-state index contributed by atoms with van der Waals surface area (Å²) in [4.78, 5) is 47.4. The molecular formula is C20H19Cl2N7O4S4. The fourth-order valence-corrected chi connectivity index (χ4v) is 8.65. The lowest BCUT2D eigenvalue weighted by Crippen LogP contribution is -2.71. The largest absolute Gasteiger partial charge is 0.543 e. The molecule has 4 heterocycles. The highest BCUT2D eigenvalue weighted by molar-refractivity contribution is 8.18. The van der Waals surface area contributed by atoms with Crippen molar-refractivity contribution in [3.8, 4) is 0 Å². The molecule has 2 aliphatic rings. The van der Waals surface area contributed by atoms with Gasteiger partial charge in [-0.2, -0.15) is 0 Å². The number of β-lactam (4-membered cyclic amide) rings is 1. The fraction of sp³-hybridized carbons (Fsp3) is 0.300. The van der Waals surface area contributed by atoms with Crippen LogP contribution in [0, 0.1) is 0 Å². The number of hydrogen-bond acceptors (Lipinski definition) is 12. The maximum Gasteiger partial charge on any atom is 0.392 e. The molecule has 1 saturated heterocycles. The average Bonchev–Trinajstić information content (AvgIpc) is 2.83. The highest BCUT2D eigenvalue weighted by Crippen LogP contribution is 2.44. The van der Waals surface area contributed by atoms with E-state index in [4.69, 9.17) is 34.7 Å². The van der Waals surface area contributed by atoms with E-state index >= 15 is 0 Å². The van der Waals surface area contributed by atoms with Crippen LogP contribution in [-0.4, -0.2) is 60.7 Å². The normalized spacial score (nSPS) is 18.9. The van der Waals surface area contributed by atoms with E-state index in [0.29, 0.717) is 20.6 Å². The van der Waals surface area contributed by atoms with Crippen LogP contribution in [0.2, 0.25) is 10.3 Å². The molecule has 0 bridgehead atoms. The SMILES string of the molecule is C[n+]1c(SCSC2=C(C(=O)[O-])N3C(=O)[C@@H](NC(=O)CSc4cc(Cl)nc(Cl)c4)[C@H]3SC2)cc(N)nc1N. The summed E-state index contributed by atoms with van der Waals surface area (Å²) in [5, 5.41) is 15.7. The molecule has 196 valence electrons. The zero-order valence-electron chi connectivity index (χ0n) is 19.0. The summed E-state index contributed by atoms with van der Waals surface area (Å²) in [7, 11) is 1.74. The quantitative estimate of drug-likeness (QED) is 0.0897. The molecule has 0 saturated carbocycles. The van der Waals surface area contributed by atoms with E-state index in [1.807, 2.05) is 0 Å². The van der Waals surface area contributed by atoms with Crippen molar-refractivity contribution >= 4 is 99.8 Å². The number of nitrogens with one attached hydrogen (secondary N) is 1. The number of carboxylic acids is 1. The Bertz CT molecular complexity index is 1300. The molecule has 2 aliphatic heterocycles. The molecule has 2 aromatic heterocycles. The number of thioether (sulfide) groups is 4. The summed E-state index contributed by atoms with van der Waals surface area (Å²) >= 11 is 17.0. The number of aromatic nitrogens is 3. The molecular weight excluding hydrogens is 601 g/mol. The third-order valence-corrected chi connectivity index (χ3v) is 10.3. The summed E-state index contributed by atoms with van der Waals surface area (Å²) in [6, 6.07) is 3.99. The summed E-state index contributed by atoms with van der Waals surface area (Å²) < 4.78 is 1.67. The predicted molar refractivity (Wildman–Crippen MR) is 145 cm³/mol. The number of anilines is 2. The Balaban J connectivity index is 1.37. The van der Waals surface area contributed by atoms with Gasteiger partial charge in [-0.3, -0.25) is 20.2 Å². The van der Waals surface area contributed by atoms with Crippen LogP contribution < -0.4 is 26.5 Å². The van der Waals surface area contributed by atoms with Crippen LogP contribution in [0.25, 0.3) is 0 Å². The molecule has 17 heteroatoms. The first kappa shape index (κ1) is 28.0. The molecule has 37 heavy (non-hydrogen) atoms. The van der Waals surface area contributed by atoms with Gasteiger partial charge in [0.1, 0.15) is 26.7 Å². The molecule has 0 unspecified atom stereocenters. The van der Waals surface area contributed by atoms with Gasteiger partial charge in [-0.1, -0.05) is 39.9 Å². The Labute approximate surface area is 238 Å². The maximum absolute atomic E-state index is 12.8. The Kier molecular flexibility index (Phi) is 8.91. The number of fused-ring (bicyclic) bond motifs is 1. The number of nitrogens with zero attached hydrogens (tertiary/aromatic N) is 4. The molecule has 0 aromatic carbocycles. The number of carbonyl (C=O) groups is 3. The molecule has 1 fully saturated rings. The van der Waals surface area contributed by atoms with E-state index in [9.17, 15) is 19.5 Å². The van der Waals surface area contributed by atoms with Crippen molar-refractivity contribution in [2.75, 3.05) is 28.1 Å². The minimum Gasteiger partial charge on any atom is -0.543 e. The van der Waals surface area contributed by atoms with Crippen LogP contribution in [0.15, 0.2) is 38.7 Å². The van der Waals surface area contributed by atoms with E-state index in [1.165, 1.54) is 51.9 Å². The van der Waals surface area contributed by atoms with Crippen molar-refractivity contribution in [2.45, 2.75) is 21.3 Å². The molecule has 0 radical (unpaired) electrons. The van der Waals surface area contributed by atoms with Crippen molar-refractivity contribution < 1.29 is 24.1 Å². The van der Waals surface area contributed by atoms with Crippen LogP contribution in [0.5, 0.6) is 0 Å². The number of carbonyl (C=O) groups excluding carboxylic acids is 3. The summed E-state index contributed by atoms with van der Waals surface area (Å²) in [5.74, 6) is -1.43. The van der Waals surface area contributed by atoms with Crippen molar-refractivity contribution in [2.24, 2.45) is 7.05 Å². The number of pyridine rings is 1. The van der Waals surface area contributed by atoms with Crippen molar-refractivity contribution in [1.29, 1.82) is 0 Å². The van der Waals surface area contributed by atoms with Gasteiger partial charge in [-0.25, -0.2) is 9.55 Å². The van der Waals surface area contributed by atoms with Gasteiger partial charge in [-0.05, 0) is 12.1 Å².